The molecule has 1 unspecified atom stereocenters. The lowest BCUT2D eigenvalue weighted by Crippen LogP contribution is -2.43. The molecule has 0 fully saturated rings. The summed E-state index contributed by atoms with van der Waals surface area (Å²) in [5.74, 6) is -0.868. The van der Waals surface area contributed by atoms with Gasteiger partial charge in [0.2, 0.25) is 15.9 Å². The maximum atomic E-state index is 12.5. The van der Waals surface area contributed by atoms with Crippen molar-refractivity contribution in [1.82, 2.24) is 10.0 Å². The van der Waals surface area contributed by atoms with Crippen LogP contribution in [0.3, 0.4) is 0 Å². The van der Waals surface area contributed by atoms with Crippen LogP contribution >= 0.6 is 11.6 Å². The zero-order valence-corrected chi connectivity index (χ0v) is 22.6. The topological polar surface area (TPSA) is 122 Å². The van der Waals surface area contributed by atoms with E-state index < -0.39 is 22.0 Å². The van der Waals surface area contributed by atoms with Gasteiger partial charge in [0.05, 0.1) is 12.2 Å². The van der Waals surface area contributed by atoms with Gasteiger partial charge in [0.15, 0.2) is 0 Å². The molecule has 1 atom stereocenters. The van der Waals surface area contributed by atoms with Crippen molar-refractivity contribution >= 4 is 33.5 Å². The minimum atomic E-state index is -3.68. The van der Waals surface area contributed by atoms with E-state index in [0.29, 0.717) is 29.4 Å². The van der Waals surface area contributed by atoms with E-state index >= 15 is 0 Å². The molecule has 0 spiro atoms. The Morgan fingerprint density at radius 1 is 0.947 bits per heavy atom. The summed E-state index contributed by atoms with van der Waals surface area (Å²) < 4.78 is 32.1. The maximum Gasteiger partial charge on any atom is 0.322 e. The van der Waals surface area contributed by atoms with Crippen LogP contribution in [-0.4, -0.2) is 37.2 Å². The van der Waals surface area contributed by atoms with Gasteiger partial charge in [0, 0.05) is 11.6 Å². The van der Waals surface area contributed by atoms with E-state index in [-0.39, 0.29) is 31.0 Å². The smallest absolute Gasteiger partial charge is 0.322 e. The number of hydrogen-bond donors (Lipinski definition) is 3. The molecule has 3 aromatic carbocycles. The number of carbonyl (C=O) groups excluding carboxylic acids is 1. The van der Waals surface area contributed by atoms with Crippen molar-refractivity contribution < 1.29 is 27.9 Å². The van der Waals surface area contributed by atoms with Crippen LogP contribution in [0, 0.1) is 0 Å². The Bertz CT molecular complexity index is 1350. The van der Waals surface area contributed by atoms with Crippen molar-refractivity contribution in [3.05, 3.63) is 100 Å². The number of ether oxygens (including phenoxy) is 1. The van der Waals surface area contributed by atoms with Crippen LogP contribution in [0.5, 0.6) is 5.75 Å². The molecule has 3 aromatic rings. The van der Waals surface area contributed by atoms with Gasteiger partial charge in [-0.15, -0.1) is 0 Å². The molecule has 3 rings (SSSR count). The van der Waals surface area contributed by atoms with Crippen molar-refractivity contribution in [1.29, 1.82) is 0 Å². The summed E-state index contributed by atoms with van der Waals surface area (Å²) in [4.78, 5) is 24.1. The molecule has 0 saturated heterocycles. The number of rotatable bonds is 14. The van der Waals surface area contributed by atoms with Crippen molar-refractivity contribution in [2.75, 3.05) is 5.75 Å². The second-order valence-corrected chi connectivity index (χ2v) is 11.2. The third kappa shape index (κ3) is 9.81. The first-order valence-corrected chi connectivity index (χ1v) is 14.2. The van der Waals surface area contributed by atoms with Crippen LogP contribution in [0.4, 0.5) is 0 Å². The molecule has 0 aromatic heterocycles. The van der Waals surface area contributed by atoms with Gasteiger partial charge in [-0.25, -0.2) is 13.1 Å². The molecule has 0 heterocycles. The number of carboxylic acids is 1. The molecule has 10 heteroatoms. The van der Waals surface area contributed by atoms with E-state index in [1.807, 2.05) is 48.5 Å². The summed E-state index contributed by atoms with van der Waals surface area (Å²) in [7, 11) is -3.68. The average Bonchev–Trinajstić information content (AvgIpc) is 2.87. The minimum absolute atomic E-state index is 0.00814. The summed E-state index contributed by atoms with van der Waals surface area (Å²) in [5.41, 5.74) is 3.22. The van der Waals surface area contributed by atoms with E-state index in [0.717, 1.165) is 16.7 Å². The summed E-state index contributed by atoms with van der Waals surface area (Å²) >= 11 is 5.99. The number of halogens is 1. The number of hydrogen-bond acceptors (Lipinski definition) is 5. The number of sulfonamides is 1. The number of aliphatic carboxylic acids is 1. The highest BCUT2D eigenvalue weighted by Gasteiger charge is 2.24. The average molecular weight is 559 g/mol. The Labute approximate surface area is 228 Å². The van der Waals surface area contributed by atoms with Gasteiger partial charge in [0.25, 0.3) is 0 Å². The molecule has 0 aliphatic heterocycles. The minimum Gasteiger partial charge on any atom is -0.489 e. The monoisotopic (exact) mass is 558 g/mol. The quantitative estimate of drug-likeness (QED) is 0.274. The van der Waals surface area contributed by atoms with Gasteiger partial charge in [-0.1, -0.05) is 67.1 Å². The van der Waals surface area contributed by atoms with Crippen LogP contribution in [0.15, 0.2) is 72.8 Å². The lowest BCUT2D eigenvalue weighted by atomic mass is 10.0. The van der Waals surface area contributed by atoms with Gasteiger partial charge in [-0.2, -0.15) is 0 Å². The number of carbonyl (C=O) groups is 2. The van der Waals surface area contributed by atoms with Gasteiger partial charge >= 0.3 is 5.97 Å². The fourth-order valence-corrected chi connectivity index (χ4v) is 5.26. The van der Waals surface area contributed by atoms with E-state index in [1.54, 1.807) is 31.2 Å². The molecule has 8 nitrogen and oxygen atoms in total. The summed E-state index contributed by atoms with van der Waals surface area (Å²) in [5, 5.41) is 13.0. The third-order valence-electron chi connectivity index (χ3n) is 5.60. The van der Waals surface area contributed by atoms with Crippen LogP contribution in [-0.2, 0) is 45.6 Å². The van der Waals surface area contributed by atoms with Gasteiger partial charge < -0.3 is 15.2 Å². The Hall–Kier alpha value is -3.40. The number of carboxylic acid groups (broad SMARTS) is 1. The van der Waals surface area contributed by atoms with Gasteiger partial charge in [-0.3, -0.25) is 9.59 Å². The molecule has 202 valence electrons. The van der Waals surface area contributed by atoms with Gasteiger partial charge in [-0.05, 0) is 59.4 Å². The number of amides is 1. The van der Waals surface area contributed by atoms with Crippen molar-refractivity contribution in [3.8, 4) is 5.75 Å². The lowest BCUT2D eigenvalue weighted by molar-refractivity contribution is -0.138. The number of nitrogens with one attached hydrogen (secondary N) is 2. The summed E-state index contributed by atoms with van der Waals surface area (Å²) in [6.07, 6.45) is 0.569. The highest BCUT2D eigenvalue weighted by atomic mass is 35.5. The largest absolute Gasteiger partial charge is 0.489 e. The maximum absolute atomic E-state index is 12.5. The molecule has 38 heavy (non-hydrogen) atoms. The van der Waals surface area contributed by atoms with Crippen molar-refractivity contribution in [2.45, 2.75) is 45.4 Å². The molecule has 0 aliphatic carbocycles. The summed E-state index contributed by atoms with van der Waals surface area (Å²) in [6, 6.07) is 20.5. The zero-order valence-electron chi connectivity index (χ0n) is 21.0. The lowest BCUT2D eigenvalue weighted by Gasteiger charge is -2.15. The standard InChI is InChI=1S/C28H31ClN2O6S/c1-2-13-38(35,36)31-26(28(33)34)16-21-5-3-6-22(14-21)18-30-27(32)17-20-9-11-25(12-10-20)37-19-23-7-4-8-24(29)15-23/h3-12,14-15,26,31H,2,13,16-19H2,1H3,(H,30,32)(H,33,34). The van der Waals surface area contributed by atoms with Crippen LogP contribution in [0.25, 0.3) is 0 Å². The molecular weight excluding hydrogens is 528 g/mol. The van der Waals surface area contributed by atoms with Crippen LogP contribution < -0.4 is 14.8 Å². The molecule has 0 radical (unpaired) electrons. The van der Waals surface area contributed by atoms with E-state index in [2.05, 4.69) is 10.0 Å². The highest BCUT2D eigenvalue weighted by Crippen LogP contribution is 2.17. The normalized spacial score (nSPS) is 12.1. The Kier molecular flexibility index (Phi) is 10.7. The molecule has 0 bridgehead atoms. The van der Waals surface area contributed by atoms with Crippen LogP contribution in [0.1, 0.15) is 35.6 Å². The van der Waals surface area contributed by atoms with Gasteiger partial charge in [0.1, 0.15) is 18.4 Å². The second kappa shape index (κ2) is 13.9. The zero-order chi connectivity index (χ0) is 27.5. The predicted octanol–water partition coefficient (Wildman–Crippen LogP) is 4.10. The molecule has 3 N–H and O–H groups in total. The summed E-state index contributed by atoms with van der Waals surface area (Å²) in [6.45, 7) is 2.35. The van der Waals surface area contributed by atoms with Crippen molar-refractivity contribution in [2.24, 2.45) is 0 Å². The number of benzene rings is 3. The molecule has 1 amide bonds. The van der Waals surface area contributed by atoms with E-state index in [9.17, 15) is 23.1 Å². The Morgan fingerprint density at radius 2 is 1.63 bits per heavy atom. The highest BCUT2D eigenvalue weighted by molar-refractivity contribution is 7.89. The first-order chi connectivity index (χ1) is 18.1. The van der Waals surface area contributed by atoms with Crippen molar-refractivity contribution in [3.63, 3.8) is 0 Å². The third-order valence-corrected chi connectivity index (χ3v) is 7.42. The molecular formula is C28H31ClN2O6S. The SMILES string of the molecule is CCCS(=O)(=O)NC(Cc1cccc(CNC(=O)Cc2ccc(OCc3cccc(Cl)c3)cc2)c1)C(=O)O. The fraction of sp³-hybridized carbons (Fsp3) is 0.286. The first kappa shape index (κ1) is 29.2. The Morgan fingerprint density at radius 3 is 2.32 bits per heavy atom. The molecule has 0 saturated carbocycles. The van der Waals surface area contributed by atoms with E-state index in [4.69, 9.17) is 16.3 Å². The second-order valence-electron chi connectivity index (χ2n) is 8.87. The fourth-order valence-electron chi connectivity index (χ4n) is 3.77. The van der Waals surface area contributed by atoms with E-state index in [1.165, 1.54) is 0 Å². The predicted molar refractivity (Wildman–Crippen MR) is 147 cm³/mol. The Balaban J connectivity index is 1.49. The molecule has 0 aliphatic rings. The first-order valence-electron chi connectivity index (χ1n) is 12.2. The van der Waals surface area contributed by atoms with Crippen LogP contribution in [0.2, 0.25) is 5.02 Å².